The van der Waals surface area contributed by atoms with Gasteiger partial charge in [0.2, 0.25) is 0 Å². The molecule has 196 valence electrons. The van der Waals surface area contributed by atoms with Gasteiger partial charge in [-0.1, -0.05) is 24.3 Å². The number of fused-ring (bicyclic) bond motifs is 1. The number of pyridine rings is 1. The molecule has 0 saturated carbocycles. The average Bonchev–Trinajstić information content (AvgIpc) is 3.38. The van der Waals surface area contributed by atoms with E-state index in [1.807, 2.05) is 72.5 Å². The third-order valence-electron chi connectivity index (χ3n) is 6.41. The van der Waals surface area contributed by atoms with Crippen molar-refractivity contribution in [2.75, 3.05) is 45.7 Å². The normalized spacial score (nSPS) is 16.4. The van der Waals surface area contributed by atoms with E-state index < -0.39 is 0 Å². The summed E-state index contributed by atoms with van der Waals surface area (Å²) in [5.41, 5.74) is 5.34. The number of likely N-dealkylation sites (N-methyl/N-ethyl adjacent to an activating group) is 1. The van der Waals surface area contributed by atoms with Crippen molar-refractivity contribution in [2.45, 2.75) is 12.6 Å². The van der Waals surface area contributed by atoms with Gasteiger partial charge in [-0.3, -0.25) is 4.40 Å². The Bertz CT molecular complexity index is 1420. The number of anilines is 1. The van der Waals surface area contributed by atoms with E-state index in [4.69, 9.17) is 14.9 Å². The molecule has 1 aliphatic heterocycles. The van der Waals surface area contributed by atoms with Gasteiger partial charge < -0.3 is 30.4 Å². The number of hydrogen-bond acceptors (Lipinski definition) is 9. The first kappa shape index (κ1) is 25.4. The summed E-state index contributed by atoms with van der Waals surface area (Å²) >= 11 is 0. The quantitative estimate of drug-likeness (QED) is 0.278. The zero-order chi connectivity index (χ0) is 26.3. The van der Waals surface area contributed by atoms with E-state index in [9.17, 15) is 0 Å². The number of imidazole rings is 1. The van der Waals surface area contributed by atoms with Crippen LogP contribution >= 0.6 is 0 Å². The van der Waals surface area contributed by atoms with Crippen molar-refractivity contribution in [3.8, 4) is 17.1 Å². The lowest BCUT2D eigenvalue weighted by Gasteiger charge is -2.29. The summed E-state index contributed by atoms with van der Waals surface area (Å²) in [5.74, 6) is 1.48. The van der Waals surface area contributed by atoms with Crippen LogP contribution in [-0.2, 0) is 11.3 Å². The summed E-state index contributed by atoms with van der Waals surface area (Å²) in [6, 6.07) is 13.9. The van der Waals surface area contributed by atoms with E-state index in [2.05, 4.69) is 37.5 Å². The summed E-state index contributed by atoms with van der Waals surface area (Å²) in [4.78, 5) is 15.7. The number of hydrogen-bond donors (Lipinski definition) is 3. The van der Waals surface area contributed by atoms with Crippen LogP contribution in [-0.4, -0.2) is 77.0 Å². The van der Waals surface area contributed by atoms with Crippen LogP contribution in [0.2, 0.25) is 0 Å². The van der Waals surface area contributed by atoms with Crippen molar-refractivity contribution in [2.24, 2.45) is 0 Å². The molecule has 10 nitrogen and oxygen atoms in total. The fraction of sp³-hybridized carbons (Fsp3) is 0.286. The van der Waals surface area contributed by atoms with Crippen molar-refractivity contribution in [1.82, 2.24) is 29.6 Å². The first-order valence-corrected chi connectivity index (χ1v) is 12.6. The molecule has 0 spiro atoms. The average molecular weight is 513 g/mol. The van der Waals surface area contributed by atoms with Crippen LogP contribution < -0.4 is 15.4 Å². The number of rotatable bonds is 10. The molecule has 4 aromatic rings. The number of aromatic nitrogens is 4. The minimum Gasteiger partial charge on any atom is -0.491 e. The molecule has 1 fully saturated rings. The maximum absolute atomic E-state index is 7.57. The van der Waals surface area contributed by atoms with Crippen molar-refractivity contribution in [3.63, 3.8) is 0 Å². The van der Waals surface area contributed by atoms with Gasteiger partial charge in [0.15, 0.2) is 0 Å². The largest absolute Gasteiger partial charge is 0.491 e. The minimum atomic E-state index is 0.0690. The number of nitrogens with one attached hydrogen (secondary N) is 3. The molecule has 0 amide bonds. The number of ether oxygens (including phenoxy) is 2. The van der Waals surface area contributed by atoms with Gasteiger partial charge in [-0.25, -0.2) is 15.0 Å². The van der Waals surface area contributed by atoms with Crippen LogP contribution in [0.3, 0.4) is 0 Å². The van der Waals surface area contributed by atoms with E-state index in [1.165, 1.54) is 6.21 Å². The molecule has 5 rings (SSSR count). The molecule has 3 aromatic heterocycles. The van der Waals surface area contributed by atoms with Gasteiger partial charge in [-0.05, 0) is 24.2 Å². The van der Waals surface area contributed by atoms with Crippen molar-refractivity contribution < 1.29 is 9.47 Å². The Hall–Kier alpha value is -4.28. The summed E-state index contributed by atoms with van der Waals surface area (Å²) < 4.78 is 13.8. The van der Waals surface area contributed by atoms with Crippen molar-refractivity contribution >= 4 is 23.3 Å². The summed E-state index contributed by atoms with van der Waals surface area (Å²) in [6.07, 6.45) is 8.52. The van der Waals surface area contributed by atoms with Gasteiger partial charge in [0, 0.05) is 63.0 Å². The standard InChI is InChI=1S/C28H32N8O2/c1-30-15-22(13-29)21-5-3-20(4-6-21)14-31-27-12-25(33-19-34-27)26-16-32-28-11-23(7-8-36(26)28)38-18-24-17-35(2)9-10-37-24/h3-8,11-13,15-16,19,24,29-30H,9-10,14,17-18H2,1-2H3,(H,31,33,34)/b22-15+,29-13?/t24-/m0/s1. The molecule has 38 heavy (non-hydrogen) atoms. The molecule has 0 unspecified atom stereocenters. The molecule has 1 aliphatic rings. The Kier molecular flexibility index (Phi) is 7.91. The smallest absolute Gasteiger partial charge is 0.140 e. The van der Waals surface area contributed by atoms with Gasteiger partial charge in [-0.2, -0.15) is 0 Å². The first-order chi connectivity index (χ1) is 18.6. The van der Waals surface area contributed by atoms with Crippen LogP contribution in [0.5, 0.6) is 5.75 Å². The van der Waals surface area contributed by atoms with Crippen molar-refractivity contribution in [3.05, 3.63) is 78.5 Å². The third kappa shape index (κ3) is 5.99. The topological polar surface area (TPSA) is 113 Å². The number of nitrogens with zero attached hydrogens (tertiary/aromatic N) is 5. The predicted octanol–water partition coefficient (Wildman–Crippen LogP) is 3.32. The Morgan fingerprint density at radius 3 is 2.84 bits per heavy atom. The maximum Gasteiger partial charge on any atom is 0.140 e. The number of allylic oxidation sites excluding steroid dienone is 1. The monoisotopic (exact) mass is 512 g/mol. The Balaban J connectivity index is 1.24. The van der Waals surface area contributed by atoms with Gasteiger partial charge >= 0.3 is 0 Å². The lowest BCUT2D eigenvalue weighted by atomic mass is 10.1. The molecule has 4 heterocycles. The summed E-state index contributed by atoms with van der Waals surface area (Å²) in [5, 5.41) is 13.9. The second kappa shape index (κ2) is 11.8. The van der Waals surface area contributed by atoms with Crippen LogP contribution in [0, 0.1) is 5.41 Å². The molecule has 1 saturated heterocycles. The molecule has 1 atom stereocenters. The Morgan fingerprint density at radius 1 is 1.18 bits per heavy atom. The van der Waals surface area contributed by atoms with Crippen LogP contribution in [0.1, 0.15) is 11.1 Å². The SMILES string of the molecule is CN/C=C(\C=N)c1ccc(CNc2cc(-c3cnc4cc(OC[C@@H]5CN(C)CCO5)ccn34)ncn2)cc1. The molecule has 1 aromatic carbocycles. The van der Waals surface area contributed by atoms with Gasteiger partial charge in [0.05, 0.1) is 24.2 Å². The van der Waals surface area contributed by atoms with Crippen LogP contribution in [0.4, 0.5) is 5.82 Å². The van der Waals surface area contributed by atoms with Gasteiger partial charge in [0.25, 0.3) is 0 Å². The molecular weight excluding hydrogens is 480 g/mol. The zero-order valence-electron chi connectivity index (χ0n) is 21.6. The fourth-order valence-electron chi connectivity index (χ4n) is 4.36. The highest BCUT2D eigenvalue weighted by molar-refractivity contribution is 6.08. The second-order valence-electron chi connectivity index (χ2n) is 9.17. The zero-order valence-corrected chi connectivity index (χ0v) is 21.6. The first-order valence-electron chi connectivity index (χ1n) is 12.6. The van der Waals surface area contributed by atoms with E-state index in [0.29, 0.717) is 13.2 Å². The predicted molar refractivity (Wildman–Crippen MR) is 149 cm³/mol. The van der Waals surface area contributed by atoms with Crippen LogP contribution in [0.25, 0.3) is 22.6 Å². The molecule has 0 bridgehead atoms. The number of morpholine rings is 1. The lowest BCUT2D eigenvalue weighted by molar-refractivity contribution is -0.0403. The Morgan fingerprint density at radius 2 is 2.05 bits per heavy atom. The third-order valence-corrected chi connectivity index (χ3v) is 6.41. The maximum atomic E-state index is 7.57. The lowest BCUT2D eigenvalue weighted by Crippen LogP contribution is -2.42. The Labute approximate surface area is 221 Å². The molecule has 0 radical (unpaired) electrons. The van der Waals surface area contributed by atoms with Crippen LogP contribution in [0.15, 0.2) is 67.4 Å². The highest BCUT2D eigenvalue weighted by Gasteiger charge is 2.18. The van der Waals surface area contributed by atoms with E-state index in [1.54, 1.807) is 6.33 Å². The van der Waals surface area contributed by atoms with Gasteiger partial charge in [0.1, 0.15) is 36.3 Å². The van der Waals surface area contributed by atoms with E-state index in [-0.39, 0.29) is 6.10 Å². The molecular formula is C28H32N8O2. The number of benzene rings is 1. The second-order valence-corrected chi connectivity index (χ2v) is 9.17. The van der Waals surface area contributed by atoms with Gasteiger partial charge in [-0.15, -0.1) is 0 Å². The molecule has 0 aliphatic carbocycles. The van der Waals surface area contributed by atoms with E-state index in [0.717, 1.165) is 65.0 Å². The highest BCUT2D eigenvalue weighted by Crippen LogP contribution is 2.23. The summed E-state index contributed by atoms with van der Waals surface area (Å²) in [6.45, 7) is 3.67. The summed E-state index contributed by atoms with van der Waals surface area (Å²) in [7, 11) is 3.92. The van der Waals surface area contributed by atoms with Crippen molar-refractivity contribution in [1.29, 1.82) is 5.41 Å². The highest BCUT2D eigenvalue weighted by atomic mass is 16.5. The van der Waals surface area contributed by atoms with E-state index >= 15 is 0 Å². The minimum absolute atomic E-state index is 0.0690. The fourth-order valence-corrected chi connectivity index (χ4v) is 4.36. The molecule has 3 N–H and O–H groups in total. The molecule has 10 heteroatoms.